The molecule has 0 spiro atoms. The Labute approximate surface area is 226 Å². The number of likely N-dealkylation sites (tertiary alicyclic amines) is 2. The van der Waals surface area contributed by atoms with Gasteiger partial charge in [0, 0.05) is 29.6 Å². The van der Waals surface area contributed by atoms with Gasteiger partial charge < -0.3 is 20.4 Å². The Morgan fingerprint density at radius 2 is 1.85 bits per heavy atom. The number of carbonyl (C=O) groups is 3. The van der Waals surface area contributed by atoms with Crippen LogP contribution in [0.1, 0.15) is 49.1 Å². The molecule has 1 aromatic heterocycles. The number of ether oxygens (including phenoxy) is 1. The zero-order valence-electron chi connectivity index (χ0n) is 21.7. The predicted octanol–water partition coefficient (Wildman–Crippen LogP) is 4.10. The van der Waals surface area contributed by atoms with E-state index in [1.54, 1.807) is 17.2 Å². The summed E-state index contributed by atoms with van der Waals surface area (Å²) in [6, 6.07) is 11.7. The lowest BCUT2D eigenvalue weighted by Gasteiger charge is -2.33. The van der Waals surface area contributed by atoms with Crippen LogP contribution in [0.3, 0.4) is 0 Å². The van der Waals surface area contributed by atoms with Crippen molar-refractivity contribution in [2.45, 2.75) is 62.8 Å². The third-order valence-electron chi connectivity index (χ3n) is 8.72. The number of nitrogens with one attached hydrogen (secondary N) is 1. The van der Waals surface area contributed by atoms with Gasteiger partial charge in [-0.05, 0) is 48.1 Å². The van der Waals surface area contributed by atoms with Crippen molar-refractivity contribution in [1.29, 1.82) is 0 Å². The van der Waals surface area contributed by atoms with Crippen LogP contribution in [0, 0.1) is 11.7 Å². The number of nitrogens with two attached hydrogens (primary N) is 1. The van der Waals surface area contributed by atoms with Crippen molar-refractivity contribution in [3.05, 3.63) is 71.7 Å². The van der Waals surface area contributed by atoms with E-state index in [4.69, 9.17) is 10.5 Å². The Morgan fingerprint density at radius 1 is 1.08 bits per heavy atom. The molecule has 204 valence electrons. The first-order valence-electron chi connectivity index (χ1n) is 13.7. The van der Waals surface area contributed by atoms with E-state index in [0.29, 0.717) is 5.52 Å². The molecule has 1 saturated carbocycles. The lowest BCUT2D eigenvalue weighted by molar-refractivity contribution is -0.136. The second-order valence-electron chi connectivity index (χ2n) is 11.0. The van der Waals surface area contributed by atoms with Crippen LogP contribution >= 0.6 is 0 Å². The minimum atomic E-state index is -0.828. The van der Waals surface area contributed by atoms with E-state index in [1.807, 2.05) is 30.3 Å². The molecular formula is C30H33FN4O4. The average molecular weight is 533 g/mol. The van der Waals surface area contributed by atoms with Crippen molar-refractivity contribution in [1.82, 2.24) is 14.8 Å². The number of H-pyrrole nitrogens is 1. The average Bonchev–Trinajstić information content (AvgIpc) is 3.65. The van der Waals surface area contributed by atoms with Gasteiger partial charge in [-0.1, -0.05) is 49.6 Å². The zero-order valence-corrected chi connectivity index (χ0v) is 21.7. The molecule has 4 atom stereocenters. The maximum absolute atomic E-state index is 13.9. The SMILES string of the molecule is NC(C(=O)N1CC(=O)C2C1[C@@H](c1c[nH]c3cc(F)ccc13)CN2C(=O)OCc1ccccc1)C1CCCCC1. The number of halogens is 1. The lowest BCUT2D eigenvalue weighted by atomic mass is 9.83. The quantitative estimate of drug-likeness (QED) is 0.514. The third kappa shape index (κ3) is 4.69. The first kappa shape index (κ1) is 25.6. The number of rotatable bonds is 5. The monoisotopic (exact) mass is 532 g/mol. The molecule has 3 aromatic rings. The minimum Gasteiger partial charge on any atom is -0.445 e. The van der Waals surface area contributed by atoms with Gasteiger partial charge in [0.1, 0.15) is 18.5 Å². The molecule has 3 heterocycles. The van der Waals surface area contributed by atoms with Crippen molar-refractivity contribution in [3.8, 4) is 0 Å². The van der Waals surface area contributed by atoms with E-state index in [-0.39, 0.29) is 49.0 Å². The summed E-state index contributed by atoms with van der Waals surface area (Å²) in [4.78, 5) is 46.8. The Bertz CT molecular complexity index is 1390. The van der Waals surface area contributed by atoms with Gasteiger partial charge in [0.15, 0.2) is 5.78 Å². The highest BCUT2D eigenvalue weighted by Gasteiger charge is 2.58. The molecule has 2 aromatic carbocycles. The molecule has 6 rings (SSSR count). The maximum Gasteiger partial charge on any atom is 0.410 e. The largest absolute Gasteiger partial charge is 0.445 e. The van der Waals surface area contributed by atoms with E-state index >= 15 is 0 Å². The summed E-state index contributed by atoms with van der Waals surface area (Å²) < 4.78 is 19.5. The molecule has 3 fully saturated rings. The molecule has 9 heteroatoms. The zero-order chi connectivity index (χ0) is 27.1. The number of fused-ring (bicyclic) bond motifs is 2. The molecule has 3 aliphatic rings. The summed E-state index contributed by atoms with van der Waals surface area (Å²) in [5.74, 6) is -1.08. The van der Waals surface area contributed by atoms with Crippen LogP contribution in [0.2, 0.25) is 0 Å². The van der Waals surface area contributed by atoms with Crippen LogP contribution in [-0.2, 0) is 20.9 Å². The van der Waals surface area contributed by atoms with Crippen LogP contribution in [0.4, 0.5) is 9.18 Å². The Morgan fingerprint density at radius 3 is 2.62 bits per heavy atom. The van der Waals surface area contributed by atoms with E-state index < -0.39 is 24.2 Å². The molecule has 3 N–H and O–H groups in total. The van der Waals surface area contributed by atoms with Crippen molar-refractivity contribution in [2.24, 2.45) is 11.7 Å². The molecule has 39 heavy (non-hydrogen) atoms. The standard InChI is InChI=1S/C30H33FN4O4/c31-20-11-12-21-22(14-33-24(21)13-20)23-15-35(30(38)39-17-18-7-3-1-4-8-18)28-25(36)16-34(27(23)28)29(37)26(32)19-9-5-2-6-10-19/h1,3-4,7-8,11-14,19,23,26-28,33H,2,5-6,9-10,15-17,32H2/t23-,26?,27?,28?/m1/s1. The van der Waals surface area contributed by atoms with E-state index in [1.165, 1.54) is 17.0 Å². The highest BCUT2D eigenvalue weighted by molar-refractivity contribution is 5.98. The number of aromatic amines is 1. The second kappa shape index (κ2) is 10.4. The maximum atomic E-state index is 13.9. The molecule has 3 unspecified atom stereocenters. The van der Waals surface area contributed by atoms with Gasteiger partial charge in [-0.3, -0.25) is 14.5 Å². The molecule has 1 aliphatic carbocycles. The fourth-order valence-electron chi connectivity index (χ4n) is 6.77. The Hall–Kier alpha value is -3.72. The van der Waals surface area contributed by atoms with E-state index in [2.05, 4.69) is 4.98 Å². The van der Waals surface area contributed by atoms with Gasteiger partial charge in [0.2, 0.25) is 5.91 Å². The summed E-state index contributed by atoms with van der Waals surface area (Å²) in [7, 11) is 0. The van der Waals surface area contributed by atoms with Crippen molar-refractivity contribution in [3.63, 3.8) is 0 Å². The van der Waals surface area contributed by atoms with Crippen molar-refractivity contribution in [2.75, 3.05) is 13.1 Å². The van der Waals surface area contributed by atoms with Crippen molar-refractivity contribution >= 4 is 28.7 Å². The Balaban J connectivity index is 1.32. The van der Waals surface area contributed by atoms with Crippen LogP contribution < -0.4 is 5.73 Å². The molecule has 2 aliphatic heterocycles. The van der Waals surface area contributed by atoms with Crippen molar-refractivity contribution < 1.29 is 23.5 Å². The van der Waals surface area contributed by atoms with Gasteiger partial charge >= 0.3 is 6.09 Å². The highest BCUT2D eigenvalue weighted by atomic mass is 19.1. The topological polar surface area (TPSA) is 109 Å². The molecule has 8 nitrogen and oxygen atoms in total. The molecular weight excluding hydrogens is 499 g/mol. The number of aromatic nitrogens is 1. The predicted molar refractivity (Wildman–Crippen MR) is 143 cm³/mol. The number of ketones is 1. The number of benzene rings is 2. The van der Waals surface area contributed by atoms with Crippen LogP contribution in [0.25, 0.3) is 10.9 Å². The fraction of sp³-hybridized carbons (Fsp3) is 0.433. The van der Waals surface area contributed by atoms with E-state index in [9.17, 15) is 18.8 Å². The fourth-order valence-corrected chi connectivity index (χ4v) is 6.77. The first-order chi connectivity index (χ1) is 18.9. The first-order valence-corrected chi connectivity index (χ1v) is 13.7. The van der Waals surface area contributed by atoms with Gasteiger partial charge in [-0.2, -0.15) is 0 Å². The molecule has 0 bridgehead atoms. The smallest absolute Gasteiger partial charge is 0.410 e. The lowest BCUT2D eigenvalue weighted by Crippen LogP contribution is -2.52. The minimum absolute atomic E-state index is 0.0774. The van der Waals surface area contributed by atoms with Gasteiger partial charge in [-0.15, -0.1) is 0 Å². The van der Waals surface area contributed by atoms with Gasteiger partial charge in [-0.25, -0.2) is 9.18 Å². The number of hydrogen-bond donors (Lipinski definition) is 2. The van der Waals surface area contributed by atoms with Crippen LogP contribution in [-0.4, -0.2) is 63.8 Å². The number of carbonyl (C=O) groups excluding carboxylic acids is 3. The summed E-state index contributed by atoms with van der Waals surface area (Å²) in [5, 5.41) is 0.794. The number of amides is 2. The molecule has 2 amide bonds. The third-order valence-corrected chi connectivity index (χ3v) is 8.72. The number of nitrogens with zero attached hydrogens (tertiary/aromatic N) is 2. The summed E-state index contributed by atoms with van der Waals surface area (Å²) in [5.41, 5.74) is 8.81. The Kier molecular flexibility index (Phi) is 6.85. The van der Waals surface area contributed by atoms with Crippen LogP contribution in [0.15, 0.2) is 54.7 Å². The summed E-state index contributed by atoms with van der Waals surface area (Å²) in [6.45, 7) is 0.181. The molecule has 0 radical (unpaired) electrons. The van der Waals surface area contributed by atoms with Crippen LogP contribution in [0.5, 0.6) is 0 Å². The summed E-state index contributed by atoms with van der Waals surface area (Å²) >= 11 is 0. The summed E-state index contributed by atoms with van der Waals surface area (Å²) in [6.07, 6.45) is 6.24. The number of hydrogen-bond acceptors (Lipinski definition) is 5. The normalized spacial score (nSPS) is 24.3. The highest BCUT2D eigenvalue weighted by Crippen LogP contribution is 2.43. The molecule has 2 saturated heterocycles. The van der Waals surface area contributed by atoms with Gasteiger partial charge in [0.25, 0.3) is 0 Å². The van der Waals surface area contributed by atoms with Gasteiger partial charge in [0.05, 0.1) is 18.6 Å². The number of Topliss-reactive ketones (excluding diaryl/α,β-unsaturated/α-hetero) is 1. The second-order valence-corrected chi connectivity index (χ2v) is 11.0. The van der Waals surface area contributed by atoms with E-state index in [0.717, 1.165) is 48.6 Å².